The van der Waals surface area contributed by atoms with Gasteiger partial charge in [0.1, 0.15) is 0 Å². The third kappa shape index (κ3) is 2.83. The maximum Gasteiger partial charge on any atom is 0.358 e. The van der Waals surface area contributed by atoms with Gasteiger partial charge in [0.05, 0.1) is 24.2 Å². The van der Waals surface area contributed by atoms with Crippen molar-refractivity contribution in [3.05, 3.63) is 29.4 Å². The van der Waals surface area contributed by atoms with Crippen LogP contribution in [-0.2, 0) is 4.74 Å². The van der Waals surface area contributed by atoms with Crippen molar-refractivity contribution in [2.75, 3.05) is 7.11 Å². The Kier molecular flexibility index (Phi) is 4.30. The van der Waals surface area contributed by atoms with Crippen LogP contribution < -0.4 is 0 Å². The van der Waals surface area contributed by atoms with Gasteiger partial charge in [0.2, 0.25) is 0 Å². The fourth-order valence-corrected chi connectivity index (χ4v) is 2.65. The Balaban J connectivity index is 2.47. The van der Waals surface area contributed by atoms with Crippen LogP contribution in [0, 0.1) is 6.92 Å². The molecule has 1 fully saturated rings. The summed E-state index contributed by atoms with van der Waals surface area (Å²) in [6.07, 6.45) is 7.46. The van der Waals surface area contributed by atoms with E-state index >= 15 is 0 Å². The van der Waals surface area contributed by atoms with Gasteiger partial charge in [-0.2, -0.15) is 0 Å². The third-order valence-electron chi connectivity index (χ3n) is 3.70. The summed E-state index contributed by atoms with van der Waals surface area (Å²) in [5, 5.41) is 0. The largest absolute Gasteiger partial charge is 0.464 e. The second kappa shape index (κ2) is 5.95. The number of carbonyl (C=O) groups is 1. The van der Waals surface area contributed by atoms with Crippen LogP contribution in [0.25, 0.3) is 6.08 Å². The second-order valence-electron chi connectivity index (χ2n) is 4.96. The van der Waals surface area contributed by atoms with Crippen LogP contribution >= 0.6 is 0 Å². The van der Waals surface area contributed by atoms with E-state index in [1.165, 1.54) is 26.4 Å². The van der Waals surface area contributed by atoms with Gasteiger partial charge in [-0.15, -0.1) is 0 Å². The predicted molar refractivity (Wildman–Crippen MR) is 74.0 cm³/mol. The average molecular weight is 260 g/mol. The summed E-state index contributed by atoms with van der Waals surface area (Å²) in [4.78, 5) is 20.9. The Bertz CT molecular complexity index is 491. The van der Waals surface area contributed by atoms with Crippen molar-refractivity contribution in [2.24, 2.45) is 0 Å². The SMILES string of the molecule is C=Cc1nc(C2CCCCC2)c(C(=O)OC)nc1C. The van der Waals surface area contributed by atoms with Crippen LogP contribution in [0.2, 0.25) is 0 Å². The van der Waals surface area contributed by atoms with Crippen LogP contribution in [0.3, 0.4) is 0 Å². The number of nitrogens with zero attached hydrogens (tertiary/aromatic N) is 2. The Labute approximate surface area is 113 Å². The molecule has 1 aliphatic carbocycles. The molecule has 4 heteroatoms. The van der Waals surface area contributed by atoms with E-state index in [9.17, 15) is 4.79 Å². The molecule has 0 radical (unpaired) electrons. The lowest BCUT2D eigenvalue weighted by Gasteiger charge is -2.23. The molecule has 0 atom stereocenters. The zero-order valence-electron chi connectivity index (χ0n) is 11.6. The highest BCUT2D eigenvalue weighted by molar-refractivity contribution is 5.88. The van der Waals surface area contributed by atoms with Crippen molar-refractivity contribution in [3.8, 4) is 0 Å². The minimum absolute atomic E-state index is 0.314. The standard InChI is InChI=1S/C15H20N2O2/c1-4-12-10(2)16-14(15(18)19-3)13(17-12)11-8-6-5-7-9-11/h4,11H,1,5-9H2,2-3H3. The van der Waals surface area contributed by atoms with E-state index in [1.807, 2.05) is 6.92 Å². The van der Waals surface area contributed by atoms with Crippen LogP contribution in [0.1, 0.15) is 65.6 Å². The van der Waals surface area contributed by atoms with E-state index in [1.54, 1.807) is 6.08 Å². The molecule has 2 rings (SSSR count). The minimum Gasteiger partial charge on any atom is -0.464 e. The first-order chi connectivity index (χ1) is 9.17. The number of methoxy groups -OCH3 is 1. The zero-order valence-corrected chi connectivity index (χ0v) is 11.6. The number of carbonyl (C=O) groups excluding carboxylic acids is 1. The maximum atomic E-state index is 11.9. The number of aromatic nitrogens is 2. The Morgan fingerprint density at radius 2 is 2.00 bits per heavy atom. The zero-order chi connectivity index (χ0) is 13.8. The molecule has 0 saturated heterocycles. The van der Waals surface area contributed by atoms with E-state index in [0.717, 1.165) is 29.9 Å². The average Bonchev–Trinajstić information content (AvgIpc) is 2.47. The minimum atomic E-state index is -0.396. The second-order valence-corrected chi connectivity index (χ2v) is 4.96. The topological polar surface area (TPSA) is 52.1 Å². The lowest BCUT2D eigenvalue weighted by molar-refractivity contribution is 0.0590. The highest BCUT2D eigenvalue weighted by atomic mass is 16.5. The number of hydrogen-bond donors (Lipinski definition) is 0. The van der Waals surface area contributed by atoms with Crippen LogP contribution in [0.4, 0.5) is 0 Å². The molecule has 19 heavy (non-hydrogen) atoms. The summed E-state index contributed by atoms with van der Waals surface area (Å²) in [6.45, 7) is 5.59. The summed E-state index contributed by atoms with van der Waals surface area (Å²) in [7, 11) is 1.38. The number of esters is 1. The first-order valence-electron chi connectivity index (χ1n) is 6.76. The summed E-state index contributed by atoms with van der Waals surface area (Å²) in [6, 6.07) is 0. The van der Waals surface area contributed by atoms with Gasteiger partial charge in [0, 0.05) is 5.92 Å². The Morgan fingerprint density at radius 1 is 1.32 bits per heavy atom. The molecule has 1 aliphatic rings. The molecule has 0 bridgehead atoms. The van der Waals surface area contributed by atoms with E-state index in [2.05, 4.69) is 16.5 Å². The molecule has 0 unspecified atom stereocenters. The molecule has 1 aromatic heterocycles. The van der Waals surface area contributed by atoms with Gasteiger partial charge < -0.3 is 4.74 Å². The lowest BCUT2D eigenvalue weighted by Crippen LogP contribution is -2.17. The van der Waals surface area contributed by atoms with Gasteiger partial charge in [-0.1, -0.05) is 25.8 Å². The monoisotopic (exact) mass is 260 g/mol. The van der Waals surface area contributed by atoms with Crippen molar-refractivity contribution in [1.29, 1.82) is 0 Å². The van der Waals surface area contributed by atoms with E-state index in [-0.39, 0.29) is 0 Å². The molecule has 0 aliphatic heterocycles. The van der Waals surface area contributed by atoms with Gasteiger partial charge in [0.15, 0.2) is 5.69 Å². The summed E-state index contributed by atoms with van der Waals surface area (Å²) in [5.74, 6) is -0.0820. The highest BCUT2D eigenvalue weighted by Crippen LogP contribution is 2.33. The van der Waals surface area contributed by atoms with Crippen molar-refractivity contribution in [1.82, 2.24) is 9.97 Å². The molecular weight excluding hydrogens is 240 g/mol. The molecule has 1 heterocycles. The van der Waals surface area contributed by atoms with Crippen LogP contribution in [-0.4, -0.2) is 23.0 Å². The first-order valence-corrected chi connectivity index (χ1v) is 6.76. The molecule has 0 N–H and O–H groups in total. The van der Waals surface area contributed by atoms with Crippen molar-refractivity contribution in [3.63, 3.8) is 0 Å². The van der Waals surface area contributed by atoms with Crippen LogP contribution in [0.5, 0.6) is 0 Å². The lowest BCUT2D eigenvalue weighted by atomic mass is 9.86. The number of rotatable bonds is 3. The molecule has 1 aromatic rings. The maximum absolute atomic E-state index is 11.9. The fourth-order valence-electron chi connectivity index (χ4n) is 2.65. The van der Waals surface area contributed by atoms with Crippen LogP contribution in [0.15, 0.2) is 6.58 Å². The van der Waals surface area contributed by atoms with E-state index in [0.29, 0.717) is 11.6 Å². The van der Waals surface area contributed by atoms with Gasteiger partial charge in [-0.05, 0) is 25.8 Å². The number of aryl methyl sites for hydroxylation is 1. The number of ether oxygens (including phenoxy) is 1. The van der Waals surface area contributed by atoms with Crippen molar-refractivity contribution >= 4 is 12.0 Å². The smallest absolute Gasteiger partial charge is 0.358 e. The summed E-state index contributed by atoms with van der Waals surface area (Å²) in [5.41, 5.74) is 2.63. The van der Waals surface area contributed by atoms with Crippen molar-refractivity contribution < 1.29 is 9.53 Å². The number of hydrogen-bond acceptors (Lipinski definition) is 4. The summed E-state index contributed by atoms with van der Waals surface area (Å²) < 4.78 is 4.83. The first kappa shape index (κ1) is 13.7. The Hall–Kier alpha value is -1.71. The Morgan fingerprint density at radius 3 is 2.58 bits per heavy atom. The highest BCUT2D eigenvalue weighted by Gasteiger charge is 2.25. The molecule has 0 amide bonds. The normalized spacial score (nSPS) is 16.1. The summed E-state index contributed by atoms with van der Waals surface area (Å²) >= 11 is 0. The van der Waals surface area contributed by atoms with E-state index < -0.39 is 5.97 Å². The van der Waals surface area contributed by atoms with Gasteiger partial charge >= 0.3 is 5.97 Å². The molecule has 1 saturated carbocycles. The third-order valence-corrected chi connectivity index (χ3v) is 3.70. The quantitative estimate of drug-likeness (QED) is 0.783. The molecular formula is C15H20N2O2. The van der Waals surface area contributed by atoms with Crippen molar-refractivity contribution in [2.45, 2.75) is 44.9 Å². The molecule has 0 aromatic carbocycles. The van der Waals surface area contributed by atoms with Gasteiger partial charge in [-0.3, -0.25) is 0 Å². The van der Waals surface area contributed by atoms with Gasteiger partial charge in [0.25, 0.3) is 0 Å². The predicted octanol–water partition coefficient (Wildman–Crippen LogP) is 3.26. The fraction of sp³-hybridized carbons (Fsp3) is 0.533. The molecule has 102 valence electrons. The molecule has 4 nitrogen and oxygen atoms in total. The molecule has 0 spiro atoms. The van der Waals surface area contributed by atoms with Gasteiger partial charge in [-0.25, -0.2) is 14.8 Å². The van der Waals surface area contributed by atoms with E-state index in [4.69, 9.17) is 4.74 Å².